The van der Waals surface area contributed by atoms with E-state index >= 15 is 0 Å². The van der Waals surface area contributed by atoms with Crippen molar-refractivity contribution in [1.82, 2.24) is 0 Å². The maximum absolute atomic E-state index is 10.8. The van der Waals surface area contributed by atoms with E-state index in [0.29, 0.717) is 6.42 Å². The van der Waals surface area contributed by atoms with Crippen molar-refractivity contribution < 1.29 is 9.90 Å². The van der Waals surface area contributed by atoms with Crippen LogP contribution in [-0.4, -0.2) is 15.4 Å². The molecule has 0 bridgehead atoms. The molecule has 2 nitrogen and oxygen atoms in total. The van der Waals surface area contributed by atoms with Gasteiger partial charge in [-0.05, 0) is 12.0 Å². The van der Waals surface area contributed by atoms with E-state index in [1.165, 1.54) is 0 Å². The third kappa shape index (κ3) is 1.72. The second kappa shape index (κ2) is 3.39. The minimum absolute atomic E-state index is 0.0238. The Kier molecular flexibility index (Phi) is 2.44. The molecule has 1 aliphatic rings. The monoisotopic (exact) mass is 244 g/mol. The molecule has 1 aliphatic carbocycles. The number of alkyl halides is 2. The molecule has 0 heterocycles. The third-order valence-electron chi connectivity index (χ3n) is 2.88. The summed E-state index contributed by atoms with van der Waals surface area (Å²) in [7, 11) is 0. The fourth-order valence-corrected chi connectivity index (χ4v) is 2.77. The van der Waals surface area contributed by atoms with Crippen LogP contribution >= 0.6 is 23.2 Å². The molecule has 80 valence electrons. The Morgan fingerprint density at radius 1 is 1.33 bits per heavy atom. The Labute approximate surface area is 97.8 Å². The third-order valence-corrected chi connectivity index (χ3v) is 3.87. The molecule has 15 heavy (non-hydrogen) atoms. The minimum Gasteiger partial charge on any atom is -0.481 e. The first kappa shape index (κ1) is 10.8. The molecule has 0 aliphatic heterocycles. The maximum Gasteiger partial charge on any atom is 0.304 e. The lowest BCUT2D eigenvalue weighted by Gasteiger charge is -2.15. The van der Waals surface area contributed by atoms with Crippen molar-refractivity contribution in [2.75, 3.05) is 0 Å². The molecule has 0 radical (unpaired) electrons. The molecule has 0 amide bonds. The molecule has 1 fully saturated rings. The summed E-state index contributed by atoms with van der Waals surface area (Å²) in [4.78, 5) is 10.8. The number of benzene rings is 1. The van der Waals surface area contributed by atoms with Crippen LogP contribution in [0, 0.1) is 0 Å². The Morgan fingerprint density at radius 3 is 2.27 bits per heavy atom. The van der Waals surface area contributed by atoms with E-state index < -0.39 is 15.7 Å². The molecule has 2 rings (SSSR count). The van der Waals surface area contributed by atoms with Gasteiger partial charge in [0.15, 0.2) is 0 Å². The highest BCUT2D eigenvalue weighted by atomic mass is 35.5. The van der Waals surface area contributed by atoms with Crippen molar-refractivity contribution in [2.45, 2.75) is 22.6 Å². The van der Waals surface area contributed by atoms with Crippen LogP contribution in [0.1, 0.15) is 18.4 Å². The lowest BCUT2D eigenvalue weighted by atomic mass is 9.92. The van der Waals surface area contributed by atoms with Gasteiger partial charge >= 0.3 is 5.97 Å². The fourth-order valence-electron chi connectivity index (χ4n) is 1.96. The SMILES string of the molecule is O=C(O)CC1(c2ccccc2)CC1(Cl)Cl. The van der Waals surface area contributed by atoms with E-state index in [0.717, 1.165) is 5.56 Å². The molecule has 1 unspecified atom stereocenters. The number of rotatable bonds is 3. The number of hydrogen-bond donors (Lipinski definition) is 1. The number of carboxylic acids is 1. The summed E-state index contributed by atoms with van der Waals surface area (Å²) < 4.78 is -0.938. The zero-order valence-corrected chi connectivity index (χ0v) is 9.42. The van der Waals surface area contributed by atoms with Gasteiger partial charge < -0.3 is 5.11 Å². The van der Waals surface area contributed by atoms with E-state index in [1.54, 1.807) is 0 Å². The summed E-state index contributed by atoms with van der Waals surface area (Å²) in [6.07, 6.45) is 0.476. The van der Waals surface area contributed by atoms with Crippen molar-refractivity contribution in [2.24, 2.45) is 0 Å². The molecular formula is C11H10Cl2O2. The molecule has 0 aromatic heterocycles. The van der Waals surface area contributed by atoms with Crippen LogP contribution < -0.4 is 0 Å². The predicted molar refractivity (Wildman–Crippen MR) is 59.4 cm³/mol. The molecule has 1 aromatic carbocycles. The quantitative estimate of drug-likeness (QED) is 0.831. The second-order valence-electron chi connectivity index (χ2n) is 3.90. The van der Waals surface area contributed by atoms with E-state index in [9.17, 15) is 4.79 Å². The summed E-state index contributed by atoms with van der Waals surface area (Å²) in [6.45, 7) is 0. The molecule has 1 saturated carbocycles. The van der Waals surface area contributed by atoms with Gasteiger partial charge in [-0.1, -0.05) is 30.3 Å². The summed E-state index contributed by atoms with van der Waals surface area (Å²) in [5.41, 5.74) is 0.292. The number of aliphatic carboxylic acids is 1. The smallest absolute Gasteiger partial charge is 0.304 e. The number of carboxylic acid groups (broad SMARTS) is 1. The van der Waals surface area contributed by atoms with E-state index in [4.69, 9.17) is 28.3 Å². The first-order valence-electron chi connectivity index (χ1n) is 4.63. The van der Waals surface area contributed by atoms with Crippen molar-refractivity contribution in [3.8, 4) is 0 Å². The summed E-state index contributed by atoms with van der Waals surface area (Å²) in [5.74, 6) is -0.873. The average molecular weight is 245 g/mol. The van der Waals surface area contributed by atoms with Gasteiger partial charge in [-0.15, -0.1) is 23.2 Å². The highest BCUT2D eigenvalue weighted by molar-refractivity contribution is 6.52. The lowest BCUT2D eigenvalue weighted by molar-refractivity contribution is -0.137. The summed E-state index contributed by atoms with van der Waals surface area (Å²) in [6, 6.07) is 9.34. The number of halogens is 2. The molecule has 1 aromatic rings. The second-order valence-corrected chi connectivity index (χ2v) is 5.38. The van der Waals surface area contributed by atoms with E-state index in [-0.39, 0.29) is 6.42 Å². The van der Waals surface area contributed by atoms with Gasteiger partial charge in [-0.3, -0.25) is 4.79 Å². The van der Waals surface area contributed by atoms with Crippen molar-refractivity contribution in [1.29, 1.82) is 0 Å². The summed E-state index contributed by atoms with van der Waals surface area (Å²) >= 11 is 12.1. The largest absolute Gasteiger partial charge is 0.481 e. The van der Waals surface area contributed by atoms with Crippen LogP contribution in [0.4, 0.5) is 0 Å². The first-order chi connectivity index (χ1) is 6.98. The van der Waals surface area contributed by atoms with Gasteiger partial charge in [-0.25, -0.2) is 0 Å². The van der Waals surface area contributed by atoms with Crippen LogP contribution in [-0.2, 0) is 10.2 Å². The topological polar surface area (TPSA) is 37.3 Å². The highest BCUT2D eigenvalue weighted by Crippen LogP contribution is 2.66. The minimum atomic E-state index is -0.938. The Bertz CT molecular complexity index is 389. The van der Waals surface area contributed by atoms with Crippen LogP contribution in [0.5, 0.6) is 0 Å². The van der Waals surface area contributed by atoms with Gasteiger partial charge in [0.2, 0.25) is 0 Å². The molecule has 0 spiro atoms. The average Bonchev–Trinajstić information content (AvgIpc) is 2.70. The molecule has 1 N–H and O–H groups in total. The van der Waals surface area contributed by atoms with Crippen molar-refractivity contribution >= 4 is 29.2 Å². The lowest BCUT2D eigenvalue weighted by Crippen LogP contribution is -2.19. The number of carbonyl (C=O) groups is 1. The van der Waals surface area contributed by atoms with Crippen molar-refractivity contribution in [3.63, 3.8) is 0 Å². The Morgan fingerprint density at radius 2 is 1.87 bits per heavy atom. The van der Waals surface area contributed by atoms with Crippen LogP contribution in [0.2, 0.25) is 0 Å². The van der Waals surface area contributed by atoms with Crippen molar-refractivity contribution in [3.05, 3.63) is 35.9 Å². The fraction of sp³-hybridized carbons (Fsp3) is 0.364. The van der Waals surface area contributed by atoms with E-state index in [2.05, 4.69) is 0 Å². The molecule has 4 heteroatoms. The van der Waals surface area contributed by atoms with Crippen LogP contribution in [0.25, 0.3) is 0 Å². The zero-order valence-electron chi connectivity index (χ0n) is 7.91. The maximum atomic E-state index is 10.8. The Hall–Kier alpha value is -0.730. The highest BCUT2D eigenvalue weighted by Gasteiger charge is 2.67. The van der Waals surface area contributed by atoms with Gasteiger partial charge in [-0.2, -0.15) is 0 Å². The molecular weight excluding hydrogens is 235 g/mol. The summed E-state index contributed by atoms with van der Waals surface area (Å²) in [5, 5.41) is 8.87. The zero-order chi connectivity index (χ0) is 11.1. The normalized spacial score (nSPS) is 27.3. The van der Waals surface area contributed by atoms with Gasteiger partial charge in [0.1, 0.15) is 4.33 Å². The van der Waals surface area contributed by atoms with Gasteiger partial charge in [0.05, 0.1) is 6.42 Å². The van der Waals surface area contributed by atoms with Crippen LogP contribution in [0.3, 0.4) is 0 Å². The Balaban J connectivity index is 2.35. The standard InChI is InChI=1S/C11H10Cl2O2/c12-11(13)7-10(11,6-9(14)15)8-4-2-1-3-5-8/h1-5H,6-7H2,(H,14,15). The number of hydrogen-bond acceptors (Lipinski definition) is 1. The molecule has 0 saturated heterocycles. The van der Waals surface area contributed by atoms with E-state index in [1.807, 2.05) is 30.3 Å². The first-order valence-corrected chi connectivity index (χ1v) is 5.39. The molecule has 1 atom stereocenters. The predicted octanol–water partition coefficient (Wildman–Crippen LogP) is 2.98. The van der Waals surface area contributed by atoms with Gasteiger partial charge in [0, 0.05) is 5.41 Å². The van der Waals surface area contributed by atoms with Crippen LogP contribution in [0.15, 0.2) is 30.3 Å². The van der Waals surface area contributed by atoms with Gasteiger partial charge in [0.25, 0.3) is 0 Å².